The maximum Gasteiger partial charge on any atom is 0.244 e. The van der Waals surface area contributed by atoms with E-state index in [0.717, 1.165) is 5.56 Å². The zero-order valence-electron chi connectivity index (χ0n) is 13.0. The molecule has 0 bridgehead atoms. The van der Waals surface area contributed by atoms with Crippen LogP contribution in [0.5, 0.6) is 0 Å². The first-order chi connectivity index (χ1) is 11.4. The van der Waals surface area contributed by atoms with Gasteiger partial charge in [-0.25, -0.2) is 12.8 Å². The molecule has 0 aliphatic heterocycles. The molecule has 0 atom stereocenters. The van der Waals surface area contributed by atoms with Crippen LogP contribution in [0.1, 0.15) is 11.1 Å². The molecule has 6 heteroatoms. The Morgan fingerprint density at radius 1 is 1.04 bits per heavy atom. The molecule has 1 amide bonds. The summed E-state index contributed by atoms with van der Waals surface area (Å²) in [6.45, 7) is 0.0434. The Balaban J connectivity index is 1.78. The second-order valence-corrected chi connectivity index (χ2v) is 7.44. The molecule has 0 fully saturated rings. The molecule has 0 spiro atoms. The zero-order valence-corrected chi connectivity index (χ0v) is 13.8. The highest BCUT2D eigenvalue weighted by Gasteiger charge is 2.11. The molecule has 2 aromatic carbocycles. The number of amides is 1. The minimum absolute atomic E-state index is 0.0434. The molecule has 0 aliphatic carbocycles. The number of halogens is 1. The summed E-state index contributed by atoms with van der Waals surface area (Å²) in [6, 6.07) is 14.6. The average Bonchev–Trinajstić information content (AvgIpc) is 2.54. The van der Waals surface area contributed by atoms with Gasteiger partial charge in [-0.3, -0.25) is 4.79 Å². The molecule has 2 rings (SSSR count). The first-order valence-corrected chi connectivity index (χ1v) is 9.22. The van der Waals surface area contributed by atoms with Gasteiger partial charge in [-0.2, -0.15) is 0 Å². The Kier molecular flexibility index (Phi) is 6.26. The lowest BCUT2D eigenvalue weighted by molar-refractivity contribution is -0.116. The van der Waals surface area contributed by atoms with E-state index in [4.69, 9.17) is 0 Å². The summed E-state index contributed by atoms with van der Waals surface area (Å²) in [5, 5.41) is 2.53. The van der Waals surface area contributed by atoms with Crippen LogP contribution in [-0.2, 0) is 20.4 Å². The SMILES string of the molecule is O=C(/C=C/c1ccc(F)cc1)NCCS(=O)(=O)Cc1ccccc1. The van der Waals surface area contributed by atoms with Crippen LogP contribution in [0.4, 0.5) is 4.39 Å². The summed E-state index contributed by atoms with van der Waals surface area (Å²) < 4.78 is 36.7. The third-order valence-corrected chi connectivity index (χ3v) is 4.84. The van der Waals surface area contributed by atoms with Gasteiger partial charge in [0.2, 0.25) is 5.91 Å². The van der Waals surface area contributed by atoms with Crippen LogP contribution >= 0.6 is 0 Å². The molecule has 126 valence electrons. The fraction of sp³-hybridized carbons (Fsp3) is 0.167. The van der Waals surface area contributed by atoms with Crippen LogP contribution in [0.3, 0.4) is 0 Å². The topological polar surface area (TPSA) is 63.2 Å². The van der Waals surface area contributed by atoms with Gasteiger partial charge < -0.3 is 5.32 Å². The van der Waals surface area contributed by atoms with Crippen molar-refractivity contribution in [1.82, 2.24) is 5.32 Å². The number of hydrogen-bond donors (Lipinski definition) is 1. The van der Waals surface area contributed by atoms with Crippen LogP contribution < -0.4 is 5.32 Å². The molecule has 0 radical (unpaired) electrons. The van der Waals surface area contributed by atoms with E-state index in [-0.39, 0.29) is 23.9 Å². The van der Waals surface area contributed by atoms with E-state index in [0.29, 0.717) is 5.56 Å². The lowest BCUT2D eigenvalue weighted by Crippen LogP contribution is -2.28. The van der Waals surface area contributed by atoms with Crippen molar-refractivity contribution >= 4 is 21.8 Å². The largest absolute Gasteiger partial charge is 0.352 e. The minimum Gasteiger partial charge on any atom is -0.352 e. The van der Waals surface area contributed by atoms with Crippen molar-refractivity contribution in [3.63, 3.8) is 0 Å². The Bertz CT molecular complexity index is 800. The van der Waals surface area contributed by atoms with Crippen LogP contribution in [-0.4, -0.2) is 26.6 Å². The second kappa shape index (κ2) is 8.40. The number of hydrogen-bond acceptors (Lipinski definition) is 3. The second-order valence-electron chi connectivity index (χ2n) is 5.25. The quantitative estimate of drug-likeness (QED) is 0.783. The Hall–Kier alpha value is -2.47. The van der Waals surface area contributed by atoms with E-state index < -0.39 is 15.7 Å². The molecular formula is C18H18FNO3S. The molecule has 0 aliphatic rings. The molecule has 0 saturated carbocycles. The van der Waals surface area contributed by atoms with Crippen molar-refractivity contribution in [3.05, 3.63) is 77.6 Å². The number of nitrogens with one attached hydrogen (secondary N) is 1. The van der Waals surface area contributed by atoms with Crippen molar-refractivity contribution in [3.8, 4) is 0 Å². The molecule has 2 aromatic rings. The van der Waals surface area contributed by atoms with E-state index >= 15 is 0 Å². The normalized spacial score (nSPS) is 11.5. The summed E-state index contributed by atoms with van der Waals surface area (Å²) in [7, 11) is -3.28. The van der Waals surface area contributed by atoms with E-state index in [2.05, 4.69) is 5.32 Å². The van der Waals surface area contributed by atoms with Crippen molar-refractivity contribution < 1.29 is 17.6 Å². The fourth-order valence-corrected chi connectivity index (χ4v) is 3.29. The summed E-state index contributed by atoms with van der Waals surface area (Å²) in [4.78, 5) is 11.7. The molecule has 0 unspecified atom stereocenters. The Morgan fingerprint density at radius 3 is 2.38 bits per heavy atom. The van der Waals surface area contributed by atoms with Gasteiger partial charge in [-0.15, -0.1) is 0 Å². The lowest BCUT2D eigenvalue weighted by Gasteiger charge is -2.05. The molecule has 1 N–H and O–H groups in total. The molecular weight excluding hydrogens is 329 g/mol. The van der Waals surface area contributed by atoms with Gasteiger partial charge in [0, 0.05) is 12.6 Å². The van der Waals surface area contributed by atoms with Gasteiger partial charge in [0.1, 0.15) is 5.82 Å². The minimum atomic E-state index is -3.28. The highest BCUT2D eigenvalue weighted by Crippen LogP contribution is 2.06. The van der Waals surface area contributed by atoms with Crippen molar-refractivity contribution in [2.75, 3.05) is 12.3 Å². The molecule has 0 aromatic heterocycles. The number of carbonyl (C=O) groups is 1. The molecule has 0 heterocycles. The van der Waals surface area contributed by atoms with E-state index in [1.807, 2.05) is 6.07 Å². The summed E-state index contributed by atoms with van der Waals surface area (Å²) in [5.74, 6) is -0.915. The Morgan fingerprint density at radius 2 is 1.71 bits per heavy atom. The number of sulfone groups is 1. The molecule has 24 heavy (non-hydrogen) atoms. The highest BCUT2D eigenvalue weighted by atomic mass is 32.2. The maximum absolute atomic E-state index is 12.8. The van der Waals surface area contributed by atoms with Gasteiger partial charge >= 0.3 is 0 Å². The summed E-state index contributed by atoms with van der Waals surface area (Å²) >= 11 is 0. The first kappa shape index (κ1) is 17.9. The van der Waals surface area contributed by atoms with Crippen LogP contribution in [0.2, 0.25) is 0 Å². The maximum atomic E-state index is 12.8. The van der Waals surface area contributed by atoms with Crippen LogP contribution in [0.25, 0.3) is 6.08 Å². The summed E-state index contributed by atoms with van der Waals surface area (Å²) in [5.41, 5.74) is 1.41. The molecule has 4 nitrogen and oxygen atoms in total. The van der Waals surface area contributed by atoms with E-state index in [1.54, 1.807) is 36.4 Å². The third kappa shape index (κ3) is 6.34. The Labute approximate surface area is 140 Å². The first-order valence-electron chi connectivity index (χ1n) is 7.40. The van der Waals surface area contributed by atoms with Gasteiger partial charge in [-0.05, 0) is 29.3 Å². The fourth-order valence-electron chi connectivity index (χ4n) is 2.03. The van der Waals surface area contributed by atoms with E-state index in [9.17, 15) is 17.6 Å². The number of carbonyl (C=O) groups excluding carboxylic acids is 1. The highest BCUT2D eigenvalue weighted by molar-refractivity contribution is 7.90. The predicted molar refractivity (Wildman–Crippen MR) is 92.4 cm³/mol. The van der Waals surface area contributed by atoms with Crippen LogP contribution in [0, 0.1) is 5.82 Å². The predicted octanol–water partition coefficient (Wildman–Crippen LogP) is 2.57. The van der Waals surface area contributed by atoms with Gasteiger partial charge in [0.15, 0.2) is 9.84 Å². The van der Waals surface area contributed by atoms with Gasteiger partial charge in [-0.1, -0.05) is 42.5 Å². The molecule has 0 saturated heterocycles. The zero-order chi connectivity index (χ0) is 17.4. The van der Waals surface area contributed by atoms with Crippen molar-refractivity contribution in [2.24, 2.45) is 0 Å². The third-order valence-electron chi connectivity index (χ3n) is 3.24. The van der Waals surface area contributed by atoms with Crippen LogP contribution in [0.15, 0.2) is 60.7 Å². The standard InChI is InChI=1S/C18H18FNO3S/c19-17-9-6-15(7-10-17)8-11-18(21)20-12-13-24(22,23)14-16-4-2-1-3-5-16/h1-11H,12-14H2,(H,20,21)/b11-8+. The number of benzene rings is 2. The van der Waals surface area contributed by atoms with Gasteiger partial charge in [0.05, 0.1) is 11.5 Å². The van der Waals surface area contributed by atoms with Gasteiger partial charge in [0.25, 0.3) is 0 Å². The smallest absolute Gasteiger partial charge is 0.244 e. The van der Waals surface area contributed by atoms with Crippen molar-refractivity contribution in [2.45, 2.75) is 5.75 Å². The lowest BCUT2D eigenvalue weighted by atomic mass is 10.2. The number of rotatable bonds is 7. The average molecular weight is 347 g/mol. The monoisotopic (exact) mass is 347 g/mol. The summed E-state index contributed by atoms with van der Waals surface area (Å²) in [6.07, 6.45) is 2.82. The van der Waals surface area contributed by atoms with Crippen molar-refractivity contribution in [1.29, 1.82) is 0 Å². The van der Waals surface area contributed by atoms with E-state index in [1.165, 1.54) is 24.3 Å².